The number of rotatable bonds is 5. The van der Waals surface area contributed by atoms with E-state index in [1.54, 1.807) is 25.3 Å². The highest BCUT2D eigenvalue weighted by molar-refractivity contribution is 6.29. The molecule has 2 aromatic heterocycles. The number of anilines is 1. The van der Waals surface area contributed by atoms with Gasteiger partial charge in [0.1, 0.15) is 22.6 Å². The van der Waals surface area contributed by atoms with Crippen LogP contribution in [0, 0.1) is 6.92 Å². The molecule has 2 heterocycles. The summed E-state index contributed by atoms with van der Waals surface area (Å²) in [7, 11) is 0. The van der Waals surface area contributed by atoms with Crippen LogP contribution in [0.5, 0.6) is 0 Å². The summed E-state index contributed by atoms with van der Waals surface area (Å²) in [6.45, 7) is 1.82. The van der Waals surface area contributed by atoms with Gasteiger partial charge in [0.2, 0.25) is 0 Å². The Hall–Kier alpha value is -1.59. The smallest absolute Gasteiger partial charge is 0.134 e. The summed E-state index contributed by atoms with van der Waals surface area (Å²) in [5.41, 5.74) is 0. The van der Waals surface area contributed by atoms with Crippen LogP contribution < -0.4 is 5.32 Å². The molecule has 0 fully saturated rings. The zero-order valence-corrected chi connectivity index (χ0v) is 10.7. The number of halogens is 1. The molecule has 0 radical (unpaired) electrons. The summed E-state index contributed by atoms with van der Waals surface area (Å²) in [5, 5.41) is 12.6. The molecule has 0 aliphatic heterocycles. The van der Waals surface area contributed by atoms with Crippen molar-refractivity contribution >= 4 is 17.4 Å². The minimum Gasteiger partial charge on any atom is -0.467 e. The van der Waals surface area contributed by atoms with Gasteiger partial charge in [0.15, 0.2) is 0 Å². The van der Waals surface area contributed by atoms with Crippen molar-refractivity contribution in [1.82, 2.24) is 9.97 Å². The van der Waals surface area contributed by atoms with Crippen molar-refractivity contribution in [3.05, 3.63) is 41.2 Å². The highest BCUT2D eigenvalue weighted by Gasteiger charge is 2.14. The molecule has 0 aromatic carbocycles. The minimum atomic E-state index is -0.143. The first-order valence-electron chi connectivity index (χ1n) is 5.61. The molecule has 2 rings (SSSR count). The maximum absolute atomic E-state index is 9.08. The first-order valence-corrected chi connectivity index (χ1v) is 5.99. The van der Waals surface area contributed by atoms with Gasteiger partial charge >= 0.3 is 0 Å². The van der Waals surface area contributed by atoms with Gasteiger partial charge in [-0.3, -0.25) is 0 Å². The Labute approximate surface area is 110 Å². The van der Waals surface area contributed by atoms with Crippen molar-refractivity contribution in [2.45, 2.75) is 19.4 Å². The quantitative estimate of drug-likeness (QED) is 0.815. The monoisotopic (exact) mass is 267 g/mol. The average molecular weight is 268 g/mol. The molecular weight excluding hydrogens is 254 g/mol. The van der Waals surface area contributed by atoms with Gasteiger partial charge in [0, 0.05) is 12.7 Å². The largest absolute Gasteiger partial charge is 0.467 e. The number of nitrogens with one attached hydrogen (secondary N) is 1. The zero-order valence-electron chi connectivity index (χ0n) is 9.93. The Kier molecular flexibility index (Phi) is 4.17. The summed E-state index contributed by atoms with van der Waals surface area (Å²) in [4.78, 5) is 8.23. The fourth-order valence-corrected chi connectivity index (χ4v) is 1.91. The lowest BCUT2D eigenvalue weighted by Crippen LogP contribution is -2.13. The van der Waals surface area contributed by atoms with Crippen LogP contribution in [0.3, 0.4) is 0 Å². The molecule has 1 unspecified atom stereocenters. The molecule has 6 heteroatoms. The lowest BCUT2D eigenvalue weighted by molar-refractivity contribution is 0.273. The number of aromatic nitrogens is 2. The van der Waals surface area contributed by atoms with E-state index >= 15 is 0 Å². The van der Waals surface area contributed by atoms with Crippen molar-refractivity contribution in [3.63, 3.8) is 0 Å². The van der Waals surface area contributed by atoms with Crippen LogP contribution in [-0.4, -0.2) is 21.7 Å². The Bertz CT molecular complexity index is 482. The molecule has 0 spiro atoms. The summed E-state index contributed by atoms with van der Waals surface area (Å²) >= 11 is 5.87. The van der Waals surface area contributed by atoms with Crippen LogP contribution >= 0.6 is 11.6 Å². The third kappa shape index (κ3) is 3.21. The van der Waals surface area contributed by atoms with E-state index in [-0.39, 0.29) is 12.6 Å². The molecule has 2 N–H and O–H groups in total. The lowest BCUT2D eigenvalue weighted by Gasteiger charge is -2.16. The average Bonchev–Trinajstić information content (AvgIpc) is 2.80. The number of hydrogen-bond donors (Lipinski definition) is 2. The first-order chi connectivity index (χ1) is 8.69. The Morgan fingerprint density at radius 1 is 1.50 bits per heavy atom. The van der Waals surface area contributed by atoms with Crippen LogP contribution in [0.15, 0.2) is 28.9 Å². The second-order valence-corrected chi connectivity index (χ2v) is 4.23. The van der Waals surface area contributed by atoms with Crippen molar-refractivity contribution < 1.29 is 9.52 Å². The molecule has 0 aliphatic rings. The lowest BCUT2D eigenvalue weighted by atomic mass is 10.1. The van der Waals surface area contributed by atoms with E-state index in [1.807, 2.05) is 6.07 Å². The Morgan fingerprint density at radius 3 is 2.94 bits per heavy atom. The SMILES string of the molecule is Cc1nc(Cl)cc(NC(CCO)c2ccco2)n1. The van der Waals surface area contributed by atoms with Crippen LogP contribution in [0.1, 0.15) is 24.0 Å². The van der Waals surface area contributed by atoms with Gasteiger partial charge in [-0.25, -0.2) is 9.97 Å². The zero-order chi connectivity index (χ0) is 13.0. The molecule has 96 valence electrons. The van der Waals surface area contributed by atoms with Gasteiger partial charge in [-0.05, 0) is 25.5 Å². The van der Waals surface area contributed by atoms with Crippen LogP contribution in [0.4, 0.5) is 5.82 Å². The summed E-state index contributed by atoms with van der Waals surface area (Å²) < 4.78 is 5.33. The third-order valence-corrected chi connectivity index (χ3v) is 2.63. The Morgan fingerprint density at radius 2 is 2.33 bits per heavy atom. The standard InChI is InChI=1S/C12H14ClN3O2/c1-8-14-11(13)7-12(15-8)16-9(4-5-17)10-3-2-6-18-10/h2-3,6-7,9,17H,4-5H2,1H3,(H,14,15,16). The van der Waals surface area contributed by atoms with Gasteiger partial charge in [0.25, 0.3) is 0 Å². The maximum Gasteiger partial charge on any atom is 0.134 e. The first kappa shape index (κ1) is 12.9. The highest BCUT2D eigenvalue weighted by Crippen LogP contribution is 2.23. The summed E-state index contributed by atoms with van der Waals surface area (Å²) in [6, 6.07) is 5.15. The highest BCUT2D eigenvalue weighted by atomic mass is 35.5. The molecule has 1 atom stereocenters. The summed E-state index contributed by atoms with van der Waals surface area (Å²) in [5.74, 6) is 1.95. The fourth-order valence-electron chi connectivity index (χ4n) is 1.69. The van der Waals surface area contributed by atoms with Crippen LogP contribution in [-0.2, 0) is 0 Å². The molecule has 0 amide bonds. The molecule has 18 heavy (non-hydrogen) atoms. The van der Waals surface area contributed by atoms with Crippen molar-refractivity contribution in [2.24, 2.45) is 0 Å². The molecule has 0 saturated carbocycles. The van der Waals surface area contributed by atoms with Gasteiger partial charge < -0.3 is 14.8 Å². The van der Waals surface area contributed by atoms with E-state index in [4.69, 9.17) is 21.1 Å². The second kappa shape index (κ2) is 5.84. The van der Waals surface area contributed by atoms with E-state index in [2.05, 4.69) is 15.3 Å². The fraction of sp³-hybridized carbons (Fsp3) is 0.333. The van der Waals surface area contributed by atoms with E-state index < -0.39 is 0 Å². The number of furan rings is 1. The molecule has 0 aliphatic carbocycles. The number of hydrogen-bond acceptors (Lipinski definition) is 5. The Balaban J connectivity index is 2.18. The summed E-state index contributed by atoms with van der Waals surface area (Å²) in [6.07, 6.45) is 2.12. The van der Waals surface area contributed by atoms with E-state index in [1.165, 1.54) is 0 Å². The van der Waals surface area contributed by atoms with Crippen LogP contribution in [0.2, 0.25) is 5.15 Å². The number of nitrogens with zero attached hydrogens (tertiary/aromatic N) is 2. The predicted octanol–water partition coefficient (Wildman–Crippen LogP) is 2.57. The van der Waals surface area contributed by atoms with Gasteiger partial charge in [-0.1, -0.05) is 11.6 Å². The minimum absolute atomic E-state index is 0.0518. The van der Waals surface area contributed by atoms with Crippen molar-refractivity contribution in [3.8, 4) is 0 Å². The molecular formula is C12H14ClN3O2. The number of aliphatic hydroxyl groups is 1. The number of aliphatic hydroxyl groups excluding tert-OH is 1. The topological polar surface area (TPSA) is 71.2 Å². The van der Waals surface area contributed by atoms with Crippen LogP contribution in [0.25, 0.3) is 0 Å². The molecule has 0 bridgehead atoms. The van der Waals surface area contributed by atoms with Gasteiger partial charge in [-0.15, -0.1) is 0 Å². The van der Waals surface area contributed by atoms with E-state index in [9.17, 15) is 0 Å². The number of aryl methyl sites for hydroxylation is 1. The predicted molar refractivity (Wildman–Crippen MR) is 68.6 cm³/mol. The van der Waals surface area contributed by atoms with Gasteiger partial charge in [0.05, 0.1) is 12.3 Å². The van der Waals surface area contributed by atoms with E-state index in [0.29, 0.717) is 23.2 Å². The van der Waals surface area contributed by atoms with Crippen molar-refractivity contribution in [2.75, 3.05) is 11.9 Å². The van der Waals surface area contributed by atoms with E-state index in [0.717, 1.165) is 5.76 Å². The van der Waals surface area contributed by atoms with Gasteiger partial charge in [-0.2, -0.15) is 0 Å². The second-order valence-electron chi connectivity index (χ2n) is 3.85. The molecule has 5 nitrogen and oxygen atoms in total. The van der Waals surface area contributed by atoms with Crippen molar-refractivity contribution in [1.29, 1.82) is 0 Å². The maximum atomic E-state index is 9.08. The molecule has 0 saturated heterocycles. The molecule has 2 aromatic rings. The normalized spacial score (nSPS) is 12.4. The third-order valence-electron chi connectivity index (χ3n) is 2.43.